The molecule has 1 N–H and O–H groups in total. The topological polar surface area (TPSA) is 62.3 Å². The van der Waals surface area contributed by atoms with Crippen molar-refractivity contribution in [3.63, 3.8) is 0 Å². The standard InChI is InChI=1S/C18H15F2N3O2/c19-13-2-1-3-14(9-13)22-17(25)18-10-12(18)5-7-23(18)16(24)11-4-6-21-15(20)8-11/h1-4,6,8-9,12H,5,7,10H2,(H,22,25). The smallest absolute Gasteiger partial charge is 0.254 e. The molecule has 25 heavy (non-hydrogen) atoms. The Morgan fingerprint density at radius 2 is 2.08 bits per heavy atom. The zero-order chi connectivity index (χ0) is 17.6. The molecule has 1 aliphatic heterocycles. The summed E-state index contributed by atoms with van der Waals surface area (Å²) in [4.78, 5) is 30.5. The molecule has 2 heterocycles. The molecule has 2 aromatic rings. The number of rotatable bonds is 3. The number of hydrogen-bond acceptors (Lipinski definition) is 3. The maximum atomic E-state index is 13.3. The Morgan fingerprint density at radius 3 is 2.80 bits per heavy atom. The second kappa shape index (κ2) is 5.61. The van der Waals surface area contributed by atoms with Crippen molar-refractivity contribution < 1.29 is 18.4 Å². The fourth-order valence-electron chi connectivity index (χ4n) is 3.65. The summed E-state index contributed by atoms with van der Waals surface area (Å²) in [7, 11) is 0. The molecule has 2 unspecified atom stereocenters. The lowest BCUT2D eigenvalue weighted by Crippen LogP contribution is -2.48. The number of likely N-dealkylation sites (tertiary alicyclic amines) is 1. The van der Waals surface area contributed by atoms with Crippen LogP contribution < -0.4 is 5.32 Å². The number of anilines is 1. The van der Waals surface area contributed by atoms with Crippen LogP contribution in [0.4, 0.5) is 14.5 Å². The van der Waals surface area contributed by atoms with Gasteiger partial charge >= 0.3 is 0 Å². The lowest BCUT2D eigenvalue weighted by Gasteiger charge is -2.27. The predicted octanol–water partition coefficient (Wildman–Crippen LogP) is 2.60. The highest BCUT2D eigenvalue weighted by atomic mass is 19.1. The molecule has 0 radical (unpaired) electrons. The summed E-state index contributed by atoms with van der Waals surface area (Å²) in [5, 5.41) is 2.70. The molecule has 0 spiro atoms. The number of aromatic nitrogens is 1. The highest BCUT2D eigenvalue weighted by Crippen LogP contribution is 2.56. The van der Waals surface area contributed by atoms with Gasteiger partial charge in [-0.05, 0) is 43.0 Å². The molecule has 1 aromatic carbocycles. The van der Waals surface area contributed by atoms with Crippen molar-refractivity contribution in [2.75, 3.05) is 11.9 Å². The summed E-state index contributed by atoms with van der Waals surface area (Å²) in [6.45, 7) is 0.435. The van der Waals surface area contributed by atoms with Crippen molar-refractivity contribution in [1.82, 2.24) is 9.88 Å². The first-order valence-corrected chi connectivity index (χ1v) is 8.01. The number of fused-ring (bicyclic) bond motifs is 1. The first-order valence-electron chi connectivity index (χ1n) is 8.01. The molecule has 2 aliphatic rings. The normalized spacial score (nSPS) is 23.9. The minimum absolute atomic E-state index is 0.0803. The number of pyridine rings is 1. The number of halogens is 2. The van der Waals surface area contributed by atoms with Gasteiger partial charge in [-0.2, -0.15) is 4.39 Å². The first-order chi connectivity index (χ1) is 12.0. The van der Waals surface area contributed by atoms with Crippen molar-refractivity contribution in [1.29, 1.82) is 0 Å². The van der Waals surface area contributed by atoms with Crippen LogP contribution >= 0.6 is 0 Å². The molecule has 2 amide bonds. The summed E-state index contributed by atoms with van der Waals surface area (Å²) >= 11 is 0. The van der Waals surface area contributed by atoms with Crippen LogP contribution in [-0.2, 0) is 4.79 Å². The number of carbonyl (C=O) groups is 2. The minimum atomic E-state index is -0.927. The van der Waals surface area contributed by atoms with E-state index in [0.717, 1.165) is 12.5 Å². The zero-order valence-corrected chi connectivity index (χ0v) is 13.2. The van der Waals surface area contributed by atoms with Gasteiger partial charge in [-0.15, -0.1) is 0 Å². The van der Waals surface area contributed by atoms with Crippen LogP contribution in [-0.4, -0.2) is 33.8 Å². The first kappa shape index (κ1) is 15.7. The second-order valence-corrected chi connectivity index (χ2v) is 6.40. The summed E-state index contributed by atoms with van der Waals surface area (Å²) in [6.07, 6.45) is 2.51. The van der Waals surface area contributed by atoms with Crippen LogP contribution in [0.15, 0.2) is 42.6 Å². The largest absolute Gasteiger partial charge is 0.324 e. The Hall–Kier alpha value is -2.83. The molecule has 2 fully saturated rings. The number of nitrogens with zero attached hydrogens (tertiary/aromatic N) is 2. The van der Waals surface area contributed by atoms with Gasteiger partial charge in [0, 0.05) is 30.1 Å². The van der Waals surface area contributed by atoms with E-state index in [1.807, 2.05) is 0 Å². The van der Waals surface area contributed by atoms with E-state index >= 15 is 0 Å². The Labute approximate surface area is 142 Å². The van der Waals surface area contributed by atoms with Crippen LogP contribution in [0.25, 0.3) is 0 Å². The molecule has 1 saturated carbocycles. The van der Waals surface area contributed by atoms with Gasteiger partial charge in [0.1, 0.15) is 11.4 Å². The predicted molar refractivity (Wildman–Crippen MR) is 85.7 cm³/mol. The van der Waals surface area contributed by atoms with Gasteiger partial charge < -0.3 is 10.2 Å². The quantitative estimate of drug-likeness (QED) is 0.872. The van der Waals surface area contributed by atoms with Crippen LogP contribution in [0.3, 0.4) is 0 Å². The van der Waals surface area contributed by atoms with Gasteiger partial charge in [0.05, 0.1) is 0 Å². The number of nitrogens with one attached hydrogen (secondary N) is 1. The Kier molecular flexibility index (Phi) is 3.52. The van der Waals surface area contributed by atoms with Crippen molar-refractivity contribution in [2.24, 2.45) is 5.92 Å². The molecule has 4 rings (SSSR count). The summed E-state index contributed by atoms with van der Waals surface area (Å²) < 4.78 is 26.6. The number of benzene rings is 1. The van der Waals surface area contributed by atoms with Crippen LogP contribution in [0.2, 0.25) is 0 Å². The fourth-order valence-corrected chi connectivity index (χ4v) is 3.65. The number of carbonyl (C=O) groups excluding carboxylic acids is 2. The van der Waals surface area contributed by atoms with Gasteiger partial charge in [-0.25, -0.2) is 9.37 Å². The van der Waals surface area contributed by atoms with E-state index in [1.54, 1.807) is 6.07 Å². The van der Waals surface area contributed by atoms with E-state index in [1.165, 1.54) is 35.4 Å². The maximum Gasteiger partial charge on any atom is 0.254 e. The van der Waals surface area contributed by atoms with Crippen molar-refractivity contribution >= 4 is 17.5 Å². The highest BCUT2D eigenvalue weighted by molar-refractivity contribution is 6.06. The minimum Gasteiger partial charge on any atom is -0.324 e. The number of amides is 2. The maximum absolute atomic E-state index is 13.3. The van der Waals surface area contributed by atoms with Gasteiger partial charge in [0.15, 0.2) is 0 Å². The Morgan fingerprint density at radius 1 is 1.24 bits per heavy atom. The number of hydrogen-bond donors (Lipinski definition) is 1. The summed E-state index contributed by atoms with van der Waals surface area (Å²) in [6, 6.07) is 8.11. The fraction of sp³-hybridized carbons (Fsp3) is 0.278. The monoisotopic (exact) mass is 343 g/mol. The van der Waals surface area contributed by atoms with Crippen molar-refractivity contribution in [3.8, 4) is 0 Å². The van der Waals surface area contributed by atoms with Gasteiger partial charge in [-0.3, -0.25) is 9.59 Å². The molecule has 2 atom stereocenters. The lowest BCUT2D eigenvalue weighted by molar-refractivity contribution is -0.121. The third-order valence-corrected chi connectivity index (χ3v) is 4.95. The molecular weight excluding hydrogens is 328 g/mol. The lowest BCUT2D eigenvalue weighted by atomic mass is 10.1. The van der Waals surface area contributed by atoms with E-state index < -0.39 is 23.2 Å². The summed E-state index contributed by atoms with van der Waals surface area (Å²) in [5.41, 5.74) is -0.416. The molecule has 7 heteroatoms. The van der Waals surface area contributed by atoms with Crippen molar-refractivity contribution in [2.45, 2.75) is 18.4 Å². The second-order valence-electron chi connectivity index (χ2n) is 6.40. The highest BCUT2D eigenvalue weighted by Gasteiger charge is 2.68. The molecule has 0 bridgehead atoms. The molecule has 1 aromatic heterocycles. The SMILES string of the molecule is O=C(c1ccnc(F)c1)N1CCC2CC21C(=O)Nc1cccc(F)c1. The molecule has 1 saturated heterocycles. The number of piperidine rings is 1. The van der Waals surface area contributed by atoms with E-state index in [9.17, 15) is 18.4 Å². The zero-order valence-electron chi connectivity index (χ0n) is 13.2. The average Bonchev–Trinajstić information content (AvgIpc) is 3.20. The van der Waals surface area contributed by atoms with Gasteiger partial charge in [-0.1, -0.05) is 6.07 Å². The van der Waals surface area contributed by atoms with Gasteiger partial charge in [0.2, 0.25) is 5.95 Å². The molecule has 128 valence electrons. The molecule has 5 nitrogen and oxygen atoms in total. The van der Waals surface area contributed by atoms with Gasteiger partial charge in [0.25, 0.3) is 11.8 Å². The van der Waals surface area contributed by atoms with E-state index in [0.29, 0.717) is 18.7 Å². The van der Waals surface area contributed by atoms with E-state index in [4.69, 9.17) is 0 Å². The van der Waals surface area contributed by atoms with Crippen LogP contribution in [0.5, 0.6) is 0 Å². The van der Waals surface area contributed by atoms with Crippen LogP contribution in [0.1, 0.15) is 23.2 Å². The molecular formula is C18H15F2N3O2. The Bertz CT molecular complexity index is 873. The third kappa shape index (κ3) is 2.56. The van der Waals surface area contributed by atoms with Crippen LogP contribution in [0, 0.1) is 17.7 Å². The summed E-state index contributed by atoms with van der Waals surface area (Å²) in [5.74, 6) is -1.83. The average molecular weight is 343 g/mol. The molecule has 1 aliphatic carbocycles. The van der Waals surface area contributed by atoms with E-state index in [2.05, 4.69) is 10.3 Å². The van der Waals surface area contributed by atoms with Crippen molar-refractivity contribution in [3.05, 3.63) is 59.9 Å². The Balaban J connectivity index is 1.58. The third-order valence-electron chi connectivity index (χ3n) is 4.95. The van der Waals surface area contributed by atoms with E-state index in [-0.39, 0.29) is 17.4 Å².